The molecule has 0 radical (unpaired) electrons. The highest BCUT2D eigenvalue weighted by atomic mass is 19.4. The Bertz CT molecular complexity index is 578. The molecule has 20 heavy (non-hydrogen) atoms. The van der Waals surface area contributed by atoms with Crippen molar-refractivity contribution in [2.45, 2.75) is 12.6 Å². The van der Waals surface area contributed by atoms with Gasteiger partial charge in [-0.25, -0.2) is 4.39 Å². The highest BCUT2D eigenvalue weighted by Crippen LogP contribution is 2.34. The van der Waals surface area contributed by atoms with Crippen LogP contribution in [-0.4, -0.2) is 6.54 Å². The van der Waals surface area contributed by atoms with E-state index >= 15 is 0 Å². The average molecular weight is 283 g/mol. The number of rotatable bonds is 4. The number of alkyl halides is 3. The lowest BCUT2D eigenvalue weighted by molar-refractivity contribution is -0.136. The van der Waals surface area contributed by atoms with Crippen LogP contribution in [-0.2, 0) is 12.6 Å². The Balaban J connectivity index is 2.04. The predicted molar refractivity (Wildman–Crippen MR) is 70.0 cm³/mol. The van der Waals surface area contributed by atoms with E-state index in [0.29, 0.717) is 12.0 Å². The first-order valence-electron chi connectivity index (χ1n) is 6.12. The molecule has 0 amide bonds. The maximum Gasteiger partial charge on any atom is 0.418 e. The van der Waals surface area contributed by atoms with Crippen molar-refractivity contribution >= 4 is 5.69 Å². The lowest BCUT2D eigenvalue weighted by Gasteiger charge is -2.14. The van der Waals surface area contributed by atoms with E-state index in [1.807, 2.05) is 0 Å². The molecule has 1 nitrogen and oxygen atoms in total. The summed E-state index contributed by atoms with van der Waals surface area (Å²) in [6, 6.07) is 11.5. The van der Waals surface area contributed by atoms with Gasteiger partial charge in [0.25, 0.3) is 0 Å². The van der Waals surface area contributed by atoms with Crippen LogP contribution in [0.25, 0.3) is 0 Å². The molecule has 0 spiro atoms. The molecule has 0 atom stereocenters. The minimum atomic E-state index is -4.40. The van der Waals surface area contributed by atoms with E-state index in [2.05, 4.69) is 5.32 Å². The topological polar surface area (TPSA) is 12.0 Å². The van der Waals surface area contributed by atoms with Gasteiger partial charge in [0.05, 0.1) is 5.56 Å². The van der Waals surface area contributed by atoms with Gasteiger partial charge in [0.2, 0.25) is 0 Å². The average Bonchev–Trinajstić information content (AvgIpc) is 2.40. The van der Waals surface area contributed by atoms with Crippen molar-refractivity contribution in [3.63, 3.8) is 0 Å². The molecule has 0 bridgehead atoms. The van der Waals surface area contributed by atoms with Crippen LogP contribution in [0, 0.1) is 5.82 Å². The van der Waals surface area contributed by atoms with E-state index in [-0.39, 0.29) is 18.0 Å². The zero-order valence-corrected chi connectivity index (χ0v) is 10.5. The summed E-state index contributed by atoms with van der Waals surface area (Å²) < 4.78 is 51.7. The second-order valence-electron chi connectivity index (χ2n) is 4.31. The number of hydrogen-bond acceptors (Lipinski definition) is 1. The Morgan fingerprint density at radius 1 is 0.900 bits per heavy atom. The van der Waals surface area contributed by atoms with E-state index in [4.69, 9.17) is 0 Å². The second-order valence-corrected chi connectivity index (χ2v) is 4.31. The van der Waals surface area contributed by atoms with Crippen LogP contribution in [0.1, 0.15) is 11.1 Å². The third-order valence-corrected chi connectivity index (χ3v) is 2.90. The molecule has 5 heteroatoms. The second kappa shape index (κ2) is 5.94. The fraction of sp³-hybridized carbons (Fsp3) is 0.200. The van der Waals surface area contributed by atoms with Gasteiger partial charge in [-0.3, -0.25) is 0 Å². The molecule has 0 heterocycles. The molecular formula is C15H13F4N. The minimum Gasteiger partial charge on any atom is -0.384 e. The van der Waals surface area contributed by atoms with Gasteiger partial charge in [-0.1, -0.05) is 30.3 Å². The van der Waals surface area contributed by atoms with Crippen LogP contribution >= 0.6 is 0 Å². The Morgan fingerprint density at radius 3 is 2.25 bits per heavy atom. The third-order valence-electron chi connectivity index (χ3n) is 2.90. The van der Waals surface area contributed by atoms with Gasteiger partial charge in [0.1, 0.15) is 5.82 Å². The monoisotopic (exact) mass is 283 g/mol. The van der Waals surface area contributed by atoms with Gasteiger partial charge in [-0.15, -0.1) is 0 Å². The first-order valence-corrected chi connectivity index (χ1v) is 6.12. The quantitative estimate of drug-likeness (QED) is 0.815. The molecule has 2 aromatic carbocycles. The highest BCUT2D eigenvalue weighted by Gasteiger charge is 2.32. The van der Waals surface area contributed by atoms with Crippen molar-refractivity contribution in [2.24, 2.45) is 0 Å². The zero-order valence-electron chi connectivity index (χ0n) is 10.5. The first-order chi connectivity index (χ1) is 9.48. The van der Waals surface area contributed by atoms with Crippen molar-refractivity contribution < 1.29 is 17.6 Å². The number of nitrogens with one attached hydrogen (secondary N) is 1. The van der Waals surface area contributed by atoms with Crippen LogP contribution in [0.3, 0.4) is 0 Å². The standard InChI is InChI=1S/C15H13F4N/c16-13-7-3-1-5-11(13)9-10-20-14-8-4-2-6-12(14)15(17,18)19/h1-8,20H,9-10H2. The van der Waals surface area contributed by atoms with Gasteiger partial charge >= 0.3 is 6.18 Å². The molecule has 0 fully saturated rings. The van der Waals surface area contributed by atoms with Crippen molar-refractivity contribution in [1.82, 2.24) is 0 Å². The van der Waals surface area contributed by atoms with E-state index < -0.39 is 11.7 Å². The van der Waals surface area contributed by atoms with Crippen molar-refractivity contribution in [1.29, 1.82) is 0 Å². The molecule has 2 aromatic rings. The Hall–Kier alpha value is -2.04. The van der Waals surface area contributed by atoms with E-state index in [1.165, 1.54) is 24.3 Å². The maximum atomic E-state index is 13.4. The molecule has 0 saturated heterocycles. The normalized spacial score (nSPS) is 11.4. The summed E-state index contributed by atoms with van der Waals surface area (Å²) in [4.78, 5) is 0. The summed E-state index contributed by atoms with van der Waals surface area (Å²) >= 11 is 0. The van der Waals surface area contributed by atoms with Crippen molar-refractivity contribution in [2.75, 3.05) is 11.9 Å². The molecule has 0 aliphatic rings. The van der Waals surface area contributed by atoms with E-state index in [0.717, 1.165) is 6.07 Å². The molecule has 0 aliphatic heterocycles. The minimum absolute atomic E-state index is 0.0105. The molecular weight excluding hydrogens is 270 g/mol. The largest absolute Gasteiger partial charge is 0.418 e. The van der Waals surface area contributed by atoms with Gasteiger partial charge in [0, 0.05) is 12.2 Å². The van der Waals surface area contributed by atoms with Crippen LogP contribution in [0.15, 0.2) is 48.5 Å². The smallest absolute Gasteiger partial charge is 0.384 e. The summed E-state index contributed by atoms with van der Waals surface area (Å²) in [5.74, 6) is -0.349. The van der Waals surface area contributed by atoms with Crippen LogP contribution in [0.4, 0.5) is 23.2 Å². The maximum absolute atomic E-state index is 13.4. The van der Waals surface area contributed by atoms with Crippen LogP contribution < -0.4 is 5.32 Å². The SMILES string of the molecule is Fc1ccccc1CCNc1ccccc1C(F)(F)F. The van der Waals surface area contributed by atoms with E-state index in [1.54, 1.807) is 18.2 Å². The summed E-state index contributed by atoms with van der Waals surface area (Å²) in [6.07, 6.45) is -4.08. The Kier molecular flexibility index (Phi) is 4.27. The highest BCUT2D eigenvalue weighted by molar-refractivity contribution is 5.52. The number of anilines is 1. The fourth-order valence-electron chi connectivity index (χ4n) is 1.92. The summed E-state index contributed by atoms with van der Waals surface area (Å²) in [6.45, 7) is 0.230. The van der Waals surface area contributed by atoms with Gasteiger partial charge in [0.15, 0.2) is 0 Å². The van der Waals surface area contributed by atoms with Crippen LogP contribution in [0.2, 0.25) is 0 Å². The summed E-state index contributed by atoms with van der Waals surface area (Å²) in [5, 5.41) is 2.71. The third kappa shape index (κ3) is 3.50. The zero-order chi connectivity index (χ0) is 14.6. The van der Waals surface area contributed by atoms with E-state index in [9.17, 15) is 17.6 Å². The number of benzene rings is 2. The molecule has 0 unspecified atom stereocenters. The number of halogens is 4. The van der Waals surface area contributed by atoms with Gasteiger partial charge in [-0.05, 0) is 30.2 Å². The van der Waals surface area contributed by atoms with Crippen molar-refractivity contribution in [3.8, 4) is 0 Å². The van der Waals surface area contributed by atoms with Gasteiger partial charge in [-0.2, -0.15) is 13.2 Å². The number of hydrogen-bond donors (Lipinski definition) is 1. The van der Waals surface area contributed by atoms with Crippen LogP contribution in [0.5, 0.6) is 0 Å². The Labute approximate surface area is 114 Å². The molecule has 0 aliphatic carbocycles. The Morgan fingerprint density at radius 2 is 1.55 bits per heavy atom. The van der Waals surface area contributed by atoms with Gasteiger partial charge < -0.3 is 5.32 Å². The lowest BCUT2D eigenvalue weighted by Crippen LogP contribution is -2.12. The molecule has 0 aromatic heterocycles. The van der Waals surface area contributed by atoms with Crippen molar-refractivity contribution in [3.05, 3.63) is 65.5 Å². The molecule has 0 saturated carbocycles. The number of para-hydroxylation sites is 1. The molecule has 2 rings (SSSR count). The molecule has 106 valence electrons. The fourth-order valence-corrected chi connectivity index (χ4v) is 1.92. The summed E-state index contributed by atoms with van der Waals surface area (Å²) in [5.41, 5.74) is -0.227. The first kappa shape index (κ1) is 14.4. The predicted octanol–water partition coefficient (Wildman–Crippen LogP) is 4.50. The lowest BCUT2D eigenvalue weighted by atomic mass is 10.1. The summed E-state index contributed by atoms with van der Waals surface area (Å²) in [7, 11) is 0. The molecule has 1 N–H and O–H groups in total.